The highest BCUT2D eigenvalue weighted by atomic mass is 16.4. The molecule has 0 amide bonds. The van der Waals surface area contributed by atoms with Gasteiger partial charge in [0.15, 0.2) is 0 Å². The Hall–Kier alpha value is -2.30. The Morgan fingerprint density at radius 2 is 2.35 bits per heavy atom. The Balaban J connectivity index is 1.95. The lowest BCUT2D eigenvalue weighted by molar-refractivity contribution is -0.142. The Morgan fingerprint density at radius 1 is 1.50 bits per heavy atom. The van der Waals surface area contributed by atoms with Crippen molar-refractivity contribution in [3.63, 3.8) is 0 Å². The molecule has 2 heterocycles. The minimum Gasteiger partial charge on any atom is -0.481 e. The number of hydrogen-bond acceptors (Lipinski definition) is 3. The quantitative estimate of drug-likeness (QED) is 0.898. The summed E-state index contributed by atoms with van der Waals surface area (Å²) in [4.78, 5) is 15.5. The van der Waals surface area contributed by atoms with Gasteiger partial charge in [0.25, 0.3) is 0 Å². The molecule has 20 heavy (non-hydrogen) atoms. The van der Waals surface area contributed by atoms with Crippen molar-refractivity contribution in [1.82, 2.24) is 9.55 Å². The fourth-order valence-corrected chi connectivity index (χ4v) is 2.71. The number of hydrogen-bond donors (Lipinski definition) is 2. The zero-order valence-corrected chi connectivity index (χ0v) is 11.3. The predicted molar refractivity (Wildman–Crippen MR) is 76.7 cm³/mol. The molecule has 3 rings (SSSR count). The van der Waals surface area contributed by atoms with Crippen LogP contribution in [0.1, 0.15) is 12.2 Å². The van der Waals surface area contributed by atoms with E-state index >= 15 is 0 Å². The summed E-state index contributed by atoms with van der Waals surface area (Å²) in [6, 6.07) is 8.14. The van der Waals surface area contributed by atoms with Gasteiger partial charge < -0.3 is 15.0 Å². The van der Waals surface area contributed by atoms with E-state index in [0.717, 1.165) is 22.8 Å². The van der Waals surface area contributed by atoms with E-state index in [-0.39, 0.29) is 5.92 Å². The summed E-state index contributed by atoms with van der Waals surface area (Å²) < 4.78 is 2.13. The molecular weight excluding hydrogens is 254 g/mol. The van der Waals surface area contributed by atoms with Crippen molar-refractivity contribution in [3.8, 4) is 11.3 Å². The van der Waals surface area contributed by atoms with E-state index in [1.54, 1.807) is 0 Å². The number of nitrogens with zero attached hydrogens (tertiary/aromatic N) is 2. The average Bonchev–Trinajstić information content (AvgIpc) is 2.90. The van der Waals surface area contributed by atoms with Gasteiger partial charge in [0.2, 0.25) is 0 Å². The maximum absolute atomic E-state index is 11.1. The van der Waals surface area contributed by atoms with Crippen molar-refractivity contribution < 1.29 is 9.90 Å². The molecule has 1 unspecified atom stereocenters. The van der Waals surface area contributed by atoms with E-state index in [4.69, 9.17) is 5.11 Å². The highest BCUT2D eigenvalue weighted by Gasteiger charge is 2.26. The summed E-state index contributed by atoms with van der Waals surface area (Å²) in [6.07, 6.45) is 3.02. The molecule has 1 aliphatic rings. The molecule has 5 heteroatoms. The SMILES string of the molecule is CNc1cccc(-c2cnc3n2CCC(C(=O)O)C3)c1. The van der Waals surface area contributed by atoms with Gasteiger partial charge in [0, 0.05) is 31.3 Å². The summed E-state index contributed by atoms with van der Waals surface area (Å²) in [5.74, 6) is -0.159. The minimum absolute atomic E-state index is 0.304. The van der Waals surface area contributed by atoms with Crippen molar-refractivity contribution >= 4 is 11.7 Å². The monoisotopic (exact) mass is 271 g/mol. The zero-order valence-electron chi connectivity index (χ0n) is 11.3. The maximum Gasteiger partial charge on any atom is 0.307 e. The summed E-state index contributed by atoms with van der Waals surface area (Å²) in [5.41, 5.74) is 3.21. The zero-order chi connectivity index (χ0) is 14.1. The van der Waals surface area contributed by atoms with Gasteiger partial charge in [-0.1, -0.05) is 12.1 Å². The third-order valence-electron chi connectivity index (χ3n) is 3.86. The molecule has 5 nitrogen and oxygen atoms in total. The second-order valence-corrected chi connectivity index (χ2v) is 5.07. The average molecular weight is 271 g/mol. The van der Waals surface area contributed by atoms with Crippen LogP contribution in [0.25, 0.3) is 11.3 Å². The number of carboxylic acids is 1. The number of fused-ring (bicyclic) bond motifs is 1. The molecule has 2 N–H and O–H groups in total. The third-order valence-corrected chi connectivity index (χ3v) is 3.86. The first-order valence-corrected chi connectivity index (χ1v) is 6.74. The fourth-order valence-electron chi connectivity index (χ4n) is 2.71. The lowest BCUT2D eigenvalue weighted by Gasteiger charge is -2.21. The number of nitrogens with one attached hydrogen (secondary N) is 1. The number of carbonyl (C=O) groups is 1. The molecule has 1 aromatic carbocycles. The molecule has 1 aromatic heterocycles. The number of rotatable bonds is 3. The van der Waals surface area contributed by atoms with Crippen LogP contribution in [0.15, 0.2) is 30.5 Å². The fraction of sp³-hybridized carbons (Fsp3) is 0.333. The first kappa shape index (κ1) is 12.7. The first-order valence-electron chi connectivity index (χ1n) is 6.74. The second kappa shape index (κ2) is 5.00. The van der Waals surface area contributed by atoms with Crippen molar-refractivity contribution in [2.24, 2.45) is 5.92 Å². The van der Waals surface area contributed by atoms with Gasteiger partial charge in [-0.25, -0.2) is 4.98 Å². The second-order valence-electron chi connectivity index (χ2n) is 5.07. The molecule has 1 atom stereocenters. The third kappa shape index (κ3) is 2.15. The molecular formula is C15H17N3O2. The van der Waals surface area contributed by atoms with Crippen molar-refractivity contribution in [1.29, 1.82) is 0 Å². The van der Waals surface area contributed by atoms with Gasteiger partial charge in [-0.3, -0.25) is 4.79 Å². The largest absolute Gasteiger partial charge is 0.481 e. The number of benzene rings is 1. The normalized spacial score (nSPS) is 17.6. The molecule has 2 aromatic rings. The number of carboxylic acid groups (broad SMARTS) is 1. The molecule has 0 spiro atoms. The molecule has 0 saturated heterocycles. The van der Waals surface area contributed by atoms with Crippen LogP contribution in [0.3, 0.4) is 0 Å². The number of imidazole rings is 1. The summed E-state index contributed by atoms with van der Waals surface area (Å²) in [6.45, 7) is 0.714. The Labute approximate surface area is 117 Å². The Morgan fingerprint density at radius 3 is 3.10 bits per heavy atom. The molecule has 0 aliphatic carbocycles. The van der Waals surface area contributed by atoms with Crippen LogP contribution in [0.2, 0.25) is 0 Å². The van der Waals surface area contributed by atoms with Crippen LogP contribution >= 0.6 is 0 Å². The lowest BCUT2D eigenvalue weighted by atomic mass is 9.98. The van der Waals surface area contributed by atoms with Crippen molar-refractivity contribution in [3.05, 3.63) is 36.3 Å². The summed E-state index contributed by atoms with van der Waals surface area (Å²) in [5, 5.41) is 12.2. The van der Waals surface area contributed by atoms with Crippen LogP contribution in [0.5, 0.6) is 0 Å². The number of anilines is 1. The van der Waals surface area contributed by atoms with E-state index in [1.807, 2.05) is 25.4 Å². The van der Waals surface area contributed by atoms with Crippen LogP contribution in [0.4, 0.5) is 5.69 Å². The maximum atomic E-state index is 11.1. The van der Waals surface area contributed by atoms with Gasteiger partial charge in [-0.2, -0.15) is 0 Å². The van der Waals surface area contributed by atoms with E-state index in [9.17, 15) is 4.79 Å². The summed E-state index contributed by atoms with van der Waals surface area (Å²) in [7, 11) is 1.89. The van der Waals surface area contributed by atoms with Crippen molar-refractivity contribution in [2.45, 2.75) is 19.4 Å². The molecule has 1 aliphatic heterocycles. The number of aliphatic carboxylic acids is 1. The first-order chi connectivity index (χ1) is 9.69. The molecule has 0 saturated carbocycles. The topological polar surface area (TPSA) is 67.2 Å². The predicted octanol–water partition coefficient (Wildman–Crippen LogP) is 2.24. The number of aromatic nitrogens is 2. The van der Waals surface area contributed by atoms with E-state index in [0.29, 0.717) is 19.4 Å². The van der Waals surface area contributed by atoms with Gasteiger partial charge in [-0.05, 0) is 18.6 Å². The van der Waals surface area contributed by atoms with Gasteiger partial charge in [0.1, 0.15) is 5.82 Å². The lowest BCUT2D eigenvalue weighted by Crippen LogP contribution is -2.26. The smallest absolute Gasteiger partial charge is 0.307 e. The van der Waals surface area contributed by atoms with E-state index < -0.39 is 5.97 Å². The van der Waals surface area contributed by atoms with E-state index in [1.165, 1.54) is 0 Å². The van der Waals surface area contributed by atoms with E-state index in [2.05, 4.69) is 27.0 Å². The Kier molecular flexibility index (Phi) is 3.18. The molecule has 0 bridgehead atoms. The van der Waals surface area contributed by atoms with Crippen LogP contribution in [0, 0.1) is 5.92 Å². The van der Waals surface area contributed by atoms with Crippen LogP contribution in [-0.2, 0) is 17.8 Å². The Bertz CT molecular complexity index is 648. The van der Waals surface area contributed by atoms with Crippen LogP contribution < -0.4 is 5.32 Å². The highest BCUT2D eigenvalue weighted by molar-refractivity contribution is 5.71. The van der Waals surface area contributed by atoms with Crippen LogP contribution in [-0.4, -0.2) is 27.7 Å². The molecule has 0 fully saturated rings. The van der Waals surface area contributed by atoms with Gasteiger partial charge in [-0.15, -0.1) is 0 Å². The van der Waals surface area contributed by atoms with Crippen molar-refractivity contribution in [2.75, 3.05) is 12.4 Å². The summed E-state index contributed by atoms with van der Waals surface area (Å²) >= 11 is 0. The molecule has 0 radical (unpaired) electrons. The minimum atomic E-state index is -0.724. The highest BCUT2D eigenvalue weighted by Crippen LogP contribution is 2.28. The molecule has 104 valence electrons. The standard InChI is InChI=1S/C15H17N3O2/c1-16-12-4-2-3-10(7-12)13-9-17-14-8-11(15(19)20)5-6-18(13)14/h2-4,7,9,11,16H,5-6,8H2,1H3,(H,19,20). The van der Waals surface area contributed by atoms with Gasteiger partial charge >= 0.3 is 5.97 Å². The van der Waals surface area contributed by atoms with Gasteiger partial charge in [0.05, 0.1) is 17.8 Å².